The van der Waals surface area contributed by atoms with Gasteiger partial charge in [0.2, 0.25) is 0 Å². The monoisotopic (exact) mass is 592 g/mol. The highest BCUT2D eigenvalue weighted by Crippen LogP contribution is 2.36. The molecule has 40 heavy (non-hydrogen) atoms. The van der Waals surface area contributed by atoms with Gasteiger partial charge >= 0.3 is 12.1 Å². The number of carboxylic acid groups (broad SMARTS) is 1. The van der Waals surface area contributed by atoms with E-state index < -0.39 is 30.5 Å². The number of alkyl halides is 3. The summed E-state index contributed by atoms with van der Waals surface area (Å²) in [4.78, 5) is 25.8. The van der Waals surface area contributed by atoms with Gasteiger partial charge in [-0.1, -0.05) is 47.5 Å². The van der Waals surface area contributed by atoms with Crippen molar-refractivity contribution in [1.29, 1.82) is 0 Å². The summed E-state index contributed by atoms with van der Waals surface area (Å²) < 4.78 is 39.6. The lowest BCUT2D eigenvalue weighted by Crippen LogP contribution is -2.42. The van der Waals surface area contributed by atoms with Crippen LogP contribution in [0.15, 0.2) is 60.7 Å². The molecule has 2 N–H and O–H groups in total. The first-order valence-corrected chi connectivity index (χ1v) is 13.7. The first kappa shape index (κ1) is 29.7. The van der Waals surface area contributed by atoms with Gasteiger partial charge in [-0.25, -0.2) is 0 Å². The van der Waals surface area contributed by atoms with Crippen molar-refractivity contribution in [3.05, 3.63) is 87.4 Å². The summed E-state index contributed by atoms with van der Waals surface area (Å²) in [7, 11) is 0. The Balaban J connectivity index is 1.54. The standard InChI is InChI=1S/C30H29Cl2F3N2O3/c1-18-15-20(25-11-7-22(31)16-26(25)32)6-10-24(18)27(12-13-30(33,34)35)36-23-8-4-19(5-9-23)28(38)37-14-2-3-21(17-37)29(39)40/h4-11,15-16,21,27,36H,2-3,12-14,17H2,1H3,(H,39,40)/t21-,27?/m1/s1. The predicted molar refractivity (Wildman–Crippen MR) is 151 cm³/mol. The van der Waals surface area contributed by atoms with Crippen LogP contribution in [0.25, 0.3) is 11.1 Å². The molecule has 0 saturated carbocycles. The summed E-state index contributed by atoms with van der Waals surface area (Å²) in [5.41, 5.74) is 4.06. The Morgan fingerprint density at radius 2 is 1.80 bits per heavy atom. The van der Waals surface area contributed by atoms with E-state index in [0.29, 0.717) is 46.2 Å². The van der Waals surface area contributed by atoms with Crippen molar-refractivity contribution in [2.24, 2.45) is 5.92 Å². The molecule has 3 aromatic carbocycles. The maximum atomic E-state index is 13.2. The van der Waals surface area contributed by atoms with Gasteiger partial charge in [0.05, 0.1) is 12.0 Å². The summed E-state index contributed by atoms with van der Waals surface area (Å²) in [5.74, 6) is -1.77. The van der Waals surface area contributed by atoms with E-state index in [1.54, 1.807) is 48.5 Å². The number of nitrogens with one attached hydrogen (secondary N) is 1. The van der Waals surface area contributed by atoms with Crippen molar-refractivity contribution >= 4 is 40.8 Å². The van der Waals surface area contributed by atoms with Gasteiger partial charge in [0, 0.05) is 46.4 Å². The van der Waals surface area contributed by atoms with E-state index in [0.717, 1.165) is 16.7 Å². The molecule has 3 aromatic rings. The van der Waals surface area contributed by atoms with Crippen molar-refractivity contribution in [2.45, 2.75) is 44.8 Å². The lowest BCUT2D eigenvalue weighted by atomic mass is 9.93. The molecule has 5 nitrogen and oxygen atoms in total. The van der Waals surface area contributed by atoms with Crippen LogP contribution in [0.2, 0.25) is 10.0 Å². The van der Waals surface area contributed by atoms with Gasteiger partial charge in [0.25, 0.3) is 5.91 Å². The molecule has 0 aromatic heterocycles. The van der Waals surface area contributed by atoms with Gasteiger partial charge in [-0.2, -0.15) is 13.2 Å². The van der Waals surface area contributed by atoms with E-state index >= 15 is 0 Å². The van der Waals surface area contributed by atoms with Crippen LogP contribution in [0.3, 0.4) is 0 Å². The quantitative estimate of drug-likeness (QED) is 0.275. The van der Waals surface area contributed by atoms with Gasteiger partial charge in [-0.15, -0.1) is 0 Å². The number of carboxylic acids is 1. The van der Waals surface area contributed by atoms with Gasteiger partial charge < -0.3 is 15.3 Å². The average Bonchev–Trinajstić information content (AvgIpc) is 2.91. The summed E-state index contributed by atoms with van der Waals surface area (Å²) in [5, 5.41) is 13.5. The van der Waals surface area contributed by atoms with E-state index in [-0.39, 0.29) is 18.9 Å². The topological polar surface area (TPSA) is 69.6 Å². The van der Waals surface area contributed by atoms with Gasteiger partial charge in [0.15, 0.2) is 0 Å². The number of halogens is 5. The molecule has 0 bridgehead atoms. The van der Waals surface area contributed by atoms with E-state index in [1.807, 2.05) is 19.1 Å². The highest BCUT2D eigenvalue weighted by Gasteiger charge is 2.30. The number of rotatable bonds is 8. The molecular weight excluding hydrogens is 564 g/mol. The zero-order chi connectivity index (χ0) is 29.0. The minimum absolute atomic E-state index is 0.157. The van der Waals surface area contributed by atoms with Crippen LogP contribution in [-0.4, -0.2) is 41.1 Å². The number of nitrogens with zero attached hydrogens (tertiary/aromatic N) is 1. The number of hydrogen-bond acceptors (Lipinski definition) is 3. The van der Waals surface area contributed by atoms with E-state index in [1.165, 1.54) is 4.90 Å². The number of hydrogen-bond donors (Lipinski definition) is 2. The number of aliphatic carboxylic acids is 1. The van der Waals surface area contributed by atoms with Crippen LogP contribution in [0.4, 0.5) is 18.9 Å². The fourth-order valence-corrected chi connectivity index (χ4v) is 5.54. The molecule has 1 unspecified atom stereocenters. The molecule has 0 aliphatic carbocycles. The van der Waals surface area contributed by atoms with Crippen molar-refractivity contribution < 1.29 is 27.9 Å². The molecule has 1 fully saturated rings. The molecule has 1 aliphatic rings. The fourth-order valence-electron chi connectivity index (χ4n) is 5.03. The number of carbonyl (C=O) groups excluding carboxylic acids is 1. The van der Waals surface area contributed by atoms with E-state index in [9.17, 15) is 27.9 Å². The molecule has 2 atom stereocenters. The Morgan fingerprint density at radius 1 is 1.07 bits per heavy atom. The third kappa shape index (κ3) is 7.49. The molecule has 0 spiro atoms. The van der Waals surface area contributed by atoms with Crippen LogP contribution in [0, 0.1) is 12.8 Å². The lowest BCUT2D eigenvalue weighted by Gasteiger charge is -2.30. The summed E-state index contributed by atoms with van der Waals surface area (Å²) in [6.45, 7) is 2.48. The molecule has 212 valence electrons. The second-order valence-electron chi connectivity index (χ2n) is 10.1. The highest BCUT2D eigenvalue weighted by molar-refractivity contribution is 6.36. The molecule has 0 radical (unpaired) electrons. The number of amides is 1. The Hall–Kier alpha value is -3.23. The minimum Gasteiger partial charge on any atom is -0.481 e. The molecule has 10 heteroatoms. The van der Waals surface area contributed by atoms with Crippen molar-refractivity contribution in [1.82, 2.24) is 4.90 Å². The van der Waals surface area contributed by atoms with Crippen LogP contribution in [-0.2, 0) is 4.79 Å². The number of carbonyl (C=O) groups is 2. The van der Waals surface area contributed by atoms with Crippen molar-refractivity contribution in [2.75, 3.05) is 18.4 Å². The van der Waals surface area contributed by atoms with Crippen molar-refractivity contribution in [3.8, 4) is 11.1 Å². The molecule has 1 amide bonds. The largest absolute Gasteiger partial charge is 0.481 e. The fraction of sp³-hybridized carbons (Fsp3) is 0.333. The normalized spacial score (nSPS) is 16.4. The van der Waals surface area contributed by atoms with Gasteiger partial charge in [-0.05, 0) is 79.3 Å². The third-order valence-corrected chi connectivity index (χ3v) is 7.68. The number of likely N-dealkylation sites (tertiary alicyclic amines) is 1. The zero-order valence-electron chi connectivity index (χ0n) is 21.8. The molecule has 1 aliphatic heterocycles. The maximum Gasteiger partial charge on any atom is 0.389 e. The Labute approximate surface area is 240 Å². The van der Waals surface area contributed by atoms with E-state index in [2.05, 4.69) is 5.32 Å². The van der Waals surface area contributed by atoms with Crippen LogP contribution >= 0.6 is 23.2 Å². The molecule has 1 saturated heterocycles. The number of benzene rings is 3. The number of piperidine rings is 1. The van der Waals surface area contributed by atoms with Crippen LogP contribution in [0.5, 0.6) is 0 Å². The SMILES string of the molecule is Cc1cc(-c2ccc(Cl)cc2Cl)ccc1C(CCC(F)(F)F)Nc1ccc(C(=O)N2CCC[C@@H](C(=O)O)C2)cc1. The molecular formula is C30H29Cl2F3N2O3. The number of aryl methyl sites for hydroxylation is 1. The average molecular weight is 593 g/mol. The molecule has 4 rings (SSSR count). The summed E-state index contributed by atoms with van der Waals surface area (Å²) in [6.07, 6.45) is -4.31. The summed E-state index contributed by atoms with van der Waals surface area (Å²) >= 11 is 12.4. The van der Waals surface area contributed by atoms with Crippen LogP contribution in [0.1, 0.15) is 53.2 Å². The first-order valence-electron chi connectivity index (χ1n) is 12.9. The summed E-state index contributed by atoms with van der Waals surface area (Å²) in [6, 6.07) is 16.6. The minimum atomic E-state index is -4.32. The lowest BCUT2D eigenvalue weighted by molar-refractivity contribution is -0.143. The first-order chi connectivity index (χ1) is 18.9. The smallest absolute Gasteiger partial charge is 0.389 e. The van der Waals surface area contributed by atoms with Gasteiger partial charge in [0.1, 0.15) is 0 Å². The van der Waals surface area contributed by atoms with Gasteiger partial charge in [-0.3, -0.25) is 9.59 Å². The Bertz CT molecular complexity index is 1380. The molecule has 1 heterocycles. The Morgan fingerprint density at radius 3 is 2.42 bits per heavy atom. The zero-order valence-corrected chi connectivity index (χ0v) is 23.3. The highest BCUT2D eigenvalue weighted by atomic mass is 35.5. The predicted octanol–water partition coefficient (Wildman–Crippen LogP) is 8.40. The number of anilines is 1. The van der Waals surface area contributed by atoms with Crippen molar-refractivity contribution in [3.63, 3.8) is 0 Å². The maximum absolute atomic E-state index is 13.2. The Kier molecular flexibility index (Phi) is 9.31. The third-order valence-electron chi connectivity index (χ3n) is 7.13. The van der Waals surface area contributed by atoms with E-state index in [4.69, 9.17) is 23.2 Å². The second-order valence-corrected chi connectivity index (χ2v) is 10.9. The van der Waals surface area contributed by atoms with Crippen LogP contribution < -0.4 is 5.32 Å². The second kappa shape index (κ2) is 12.5.